The van der Waals surface area contributed by atoms with Gasteiger partial charge in [0, 0.05) is 12.7 Å². The van der Waals surface area contributed by atoms with Crippen LogP contribution in [0, 0.1) is 5.82 Å². The van der Waals surface area contributed by atoms with E-state index in [9.17, 15) is 9.18 Å². The van der Waals surface area contributed by atoms with Crippen molar-refractivity contribution < 1.29 is 13.9 Å². The average molecular weight is 297 g/mol. The molecule has 1 aliphatic rings. The molecule has 6 heteroatoms. The van der Waals surface area contributed by atoms with E-state index in [4.69, 9.17) is 17.0 Å². The first-order valence-electron chi connectivity index (χ1n) is 5.62. The summed E-state index contributed by atoms with van der Waals surface area (Å²) in [5.74, 6) is -0.556. The zero-order chi connectivity index (χ0) is 13.8. The van der Waals surface area contributed by atoms with Crippen LogP contribution in [0.1, 0.15) is 5.56 Å². The molecule has 1 heterocycles. The Morgan fingerprint density at radius 3 is 2.89 bits per heavy atom. The van der Waals surface area contributed by atoms with Crippen LogP contribution in [0.2, 0.25) is 0 Å². The number of thiocarbonyl (C=S) groups is 1. The first-order chi connectivity index (χ1) is 9.13. The van der Waals surface area contributed by atoms with Crippen molar-refractivity contribution in [3.8, 4) is 0 Å². The van der Waals surface area contributed by atoms with Gasteiger partial charge in [0.05, 0.1) is 18.1 Å². The highest BCUT2D eigenvalue weighted by Crippen LogP contribution is 2.32. The van der Waals surface area contributed by atoms with Gasteiger partial charge < -0.3 is 4.74 Å². The molecule has 100 valence electrons. The molecule has 1 fully saturated rings. The summed E-state index contributed by atoms with van der Waals surface area (Å²) >= 11 is 6.32. The molecule has 2 rings (SSSR count). The second kappa shape index (κ2) is 6.27. The summed E-state index contributed by atoms with van der Waals surface area (Å²) in [5, 5.41) is 0. The summed E-state index contributed by atoms with van der Waals surface area (Å²) in [4.78, 5) is 14.0. The van der Waals surface area contributed by atoms with Gasteiger partial charge in [-0.3, -0.25) is 9.69 Å². The zero-order valence-corrected chi connectivity index (χ0v) is 11.9. The van der Waals surface area contributed by atoms with Crippen LogP contribution >= 0.6 is 24.0 Å². The van der Waals surface area contributed by atoms with Crippen LogP contribution in [0.25, 0.3) is 6.08 Å². The van der Waals surface area contributed by atoms with Crippen molar-refractivity contribution in [3.63, 3.8) is 0 Å². The number of carbonyl (C=O) groups excluding carboxylic acids is 1. The van der Waals surface area contributed by atoms with Gasteiger partial charge in [-0.15, -0.1) is 0 Å². The first kappa shape index (κ1) is 14.2. The van der Waals surface area contributed by atoms with Crippen LogP contribution in [0.3, 0.4) is 0 Å². The summed E-state index contributed by atoms with van der Waals surface area (Å²) in [7, 11) is 1.56. The Labute approximate surface area is 120 Å². The molecule has 1 saturated heterocycles. The van der Waals surface area contributed by atoms with E-state index < -0.39 is 0 Å². The number of hydrogen-bond donors (Lipinski definition) is 0. The fourth-order valence-electron chi connectivity index (χ4n) is 1.61. The molecule has 0 unspecified atom stereocenters. The van der Waals surface area contributed by atoms with Crippen LogP contribution in [0.4, 0.5) is 4.39 Å². The highest BCUT2D eigenvalue weighted by molar-refractivity contribution is 8.26. The van der Waals surface area contributed by atoms with Crippen molar-refractivity contribution in [2.75, 3.05) is 20.3 Å². The average Bonchev–Trinajstić information content (AvgIpc) is 2.65. The van der Waals surface area contributed by atoms with Gasteiger partial charge in [-0.2, -0.15) is 0 Å². The monoisotopic (exact) mass is 297 g/mol. The van der Waals surface area contributed by atoms with Crippen molar-refractivity contribution in [1.82, 2.24) is 4.90 Å². The SMILES string of the molecule is COCCN1C(=O)C(=Cc2ccccc2F)SC1=S. The largest absolute Gasteiger partial charge is 0.383 e. The number of hydrogen-bond acceptors (Lipinski definition) is 4. The molecule has 19 heavy (non-hydrogen) atoms. The number of carbonyl (C=O) groups is 1. The van der Waals surface area contributed by atoms with Crippen molar-refractivity contribution >= 4 is 40.3 Å². The molecule has 1 amide bonds. The second-order valence-corrected chi connectivity index (χ2v) is 5.52. The first-order valence-corrected chi connectivity index (χ1v) is 6.85. The van der Waals surface area contributed by atoms with E-state index >= 15 is 0 Å². The van der Waals surface area contributed by atoms with Gasteiger partial charge >= 0.3 is 0 Å². The summed E-state index contributed by atoms with van der Waals surface area (Å²) < 4.78 is 18.9. The smallest absolute Gasteiger partial charge is 0.266 e. The van der Waals surface area contributed by atoms with Gasteiger partial charge in [-0.1, -0.05) is 42.2 Å². The minimum atomic E-state index is -0.357. The Morgan fingerprint density at radius 1 is 1.47 bits per heavy atom. The summed E-state index contributed by atoms with van der Waals surface area (Å²) in [6, 6.07) is 6.31. The summed E-state index contributed by atoms with van der Waals surface area (Å²) in [6.07, 6.45) is 1.53. The molecule has 0 saturated carbocycles. The molecule has 0 atom stereocenters. The molecule has 0 radical (unpaired) electrons. The van der Waals surface area contributed by atoms with Crippen molar-refractivity contribution in [1.29, 1.82) is 0 Å². The molecule has 0 bridgehead atoms. The third-order valence-corrected chi connectivity index (χ3v) is 3.96. The molecular weight excluding hydrogens is 285 g/mol. The maximum Gasteiger partial charge on any atom is 0.266 e. The number of amides is 1. The predicted octanol–water partition coefficient (Wildman–Crippen LogP) is 2.67. The van der Waals surface area contributed by atoms with Crippen LogP contribution < -0.4 is 0 Å². The van der Waals surface area contributed by atoms with Crippen LogP contribution in [0.5, 0.6) is 0 Å². The minimum absolute atomic E-state index is 0.199. The topological polar surface area (TPSA) is 29.5 Å². The molecule has 1 aliphatic heterocycles. The summed E-state index contributed by atoms with van der Waals surface area (Å²) in [6.45, 7) is 0.829. The second-order valence-electron chi connectivity index (χ2n) is 3.85. The van der Waals surface area contributed by atoms with E-state index in [1.165, 1.54) is 28.8 Å². The number of rotatable bonds is 4. The number of methoxy groups -OCH3 is 1. The number of benzene rings is 1. The molecule has 1 aromatic carbocycles. The lowest BCUT2D eigenvalue weighted by atomic mass is 10.2. The predicted molar refractivity (Wildman–Crippen MR) is 78.2 cm³/mol. The maximum atomic E-state index is 13.5. The van der Waals surface area contributed by atoms with Gasteiger partial charge in [-0.05, 0) is 12.1 Å². The molecule has 0 spiro atoms. The highest BCUT2D eigenvalue weighted by atomic mass is 32.2. The van der Waals surface area contributed by atoms with Crippen LogP contribution in [0.15, 0.2) is 29.2 Å². The lowest BCUT2D eigenvalue weighted by Gasteiger charge is -2.12. The van der Waals surface area contributed by atoms with Gasteiger partial charge in [0.1, 0.15) is 10.1 Å². The quantitative estimate of drug-likeness (QED) is 0.631. The molecule has 0 aliphatic carbocycles. The number of nitrogens with zero attached hydrogens (tertiary/aromatic N) is 1. The molecular formula is C13H12FNO2S2. The highest BCUT2D eigenvalue weighted by Gasteiger charge is 2.31. The van der Waals surface area contributed by atoms with Gasteiger partial charge in [-0.25, -0.2) is 4.39 Å². The standard InChI is InChI=1S/C13H12FNO2S2/c1-17-7-6-15-12(16)11(19-13(15)18)8-9-4-2-3-5-10(9)14/h2-5,8H,6-7H2,1H3. The van der Waals surface area contributed by atoms with E-state index in [0.717, 1.165) is 0 Å². The van der Waals surface area contributed by atoms with E-state index in [2.05, 4.69) is 0 Å². The third-order valence-electron chi connectivity index (χ3n) is 2.58. The maximum absolute atomic E-state index is 13.5. The Morgan fingerprint density at radius 2 is 2.21 bits per heavy atom. The Kier molecular flexibility index (Phi) is 4.68. The Balaban J connectivity index is 2.21. The van der Waals surface area contributed by atoms with Crippen LogP contribution in [-0.2, 0) is 9.53 Å². The van der Waals surface area contributed by atoms with Crippen LogP contribution in [-0.4, -0.2) is 35.4 Å². The van der Waals surface area contributed by atoms with Crippen molar-refractivity contribution in [3.05, 3.63) is 40.6 Å². The van der Waals surface area contributed by atoms with Gasteiger partial charge in [0.2, 0.25) is 0 Å². The van der Waals surface area contributed by atoms with E-state index in [1.807, 2.05) is 0 Å². The Hall–Kier alpha value is -1.24. The third kappa shape index (κ3) is 3.20. The lowest BCUT2D eigenvalue weighted by Crippen LogP contribution is -2.31. The number of ether oxygens (including phenoxy) is 1. The fourth-order valence-corrected chi connectivity index (χ4v) is 2.91. The van der Waals surface area contributed by atoms with E-state index in [0.29, 0.717) is 27.9 Å². The molecule has 0 aromatic heterocycles. The Bertz CT molecular complexity index is 545. The van der Waals surface area contributed by atoms with E-state index in [-0.39, 0.29) is 11.7 Å². The molecule has 3 nitrogen and oxygen atoms in total. The number of thioether (sulfide) groups is 1. The van der Waals surface area contributed by atoms with Gasteiger partial charge in [0.25, 0.3) is 5.91 Å². The van der Waals surface area contributed by atoms with Crippen molar-refractivity contribution in [2.45, 2.75) is 0 Å². The fraction of sp³-hybridized carbons (Fsp3) is 0.231. The normalized spacial score (nSPS) is 17.6. The molecule has 1 aromatic rings. The van der Waals surface area contributed by atoms with Gasteiger partial charge in [0.15, 0.2) is 0 Å². The van der Waals surface area contributed by atoms with E-state index in [1.54, 1.807) is 25.3 Å². The molecule has 0 N–H and O–H groups in total. The summed E-state index contributed by atoms with van der Waals surface area (Å²) in [5.41, 5.74) is 0.384. The minimum Gasteiger partial charge on any atom is -0.383 e. The number of halogens is 1. The lowest BCUT2D eigenvalue weighted by molar-refractivity contribution is -0.122. The zero-order valence-electron chi connectivity index (χ0n) is 10.3. The van der Waals surface area contributed by atoms with Crippen molar-refractivity contribution in [2.24, 2.45) is 0 Å².